The fourth-order valence-corrected chi connectivity index (χ4v) is 5.79. The van der Waals surface area contributed by atoms with Crippen molar-refractivity contribution in [3.05, 3.63) is 24.3 Å². The van der Waals surface area contributed by atoms with Crippen molar-refractivity contribution in [1.29, 1.82) is 0 Å². The van der Waals surface area contributed by atoms with Crippen LogP contribution in [-0.2, 0) is 20.0 Å². The van der Waals surface area contributed by atoms with Crippen LogP contribution in [0.4, 0.5) is 0 Å². The molecule has 1 atom stereocenters. The third-order valence-corrected chi connectivity index (χ3v) is 8.51. The molecule has 0 unspecified atom stereocenters. The molecule has 28 heavy (non-hydrogen) atoms. The molecule has 0 aromatic heterocycles. The van der Waals surface area contributed by atoms with Crippen LogP contribution < -0.4 is 4.72 Å². The van der Waals surface area contributed by atoms with Crippen LogP contribution in [0.25, 0.3) is 0 Å². The summed E-state index contributed by atoms with van der Waals surface area (Å²) in [6.45, 7) is 13.3. The van der Waals surface area contributed by atoms with Gasteiger partial charge in [-0.2, -0.15) is 4.31 Å². The highest BCUT2D eigenvalue weighted by atomic mass is 32.2. The molecule has 0 saturated heterocycles. The Kier molecular flexibility index (Phi) is 10.1. The van der Waals surface area contributed by atoms with Gasteiger partial charge in [-0.15, -0.1) is 0 Å². The summed E-state index contributed by atoms with van der Waals surface area (Å²) in [6.07, 6.45) is 1.65. The Labute approximate surface area is 171 Å². The van der Waals surface area contributed by atoms with Crippen LogP contribution >= 0.6 is 0 Å². The molecule has 0 radical (unpaired) electrons. The van der Waals surface area contributed by atoms with Gasteiger partial charge in [0.05, 0.1) is 9.79 Å². The van der Waals surface area contributed by atoms with Gasteiger partial charge in [-0.1, -0.05) is 27.7 Å². The van der Waals surface area contributed by atoms with Gasteiger partial charge in [0.25, 0.3) is 0 Å². The summed E-state index contributed by atoms with van der Waals surface area (Å²) >= 11 is 0. The van der Waals surface area contributed by atoms with Gasteiger partial charge in [0.2, 0.25) is 20.0 Å². The van der Waals surface area contributed by atoms with Crippen molar-refractivity contribution < 1.29 is 16.8 Å². The van der Waals surface area contributed by atoms with E-state index in [-0.39, 0.29) is 15.8 Å². The Hall–Kier alpha value is -1.00. The van der Waals surface area contributed by atoms with Crippen LogP contribution in [0, 0.1) is 0 Å². The molecule has 0 bridgehead atoms. The smallest absolute Gasteiger partial charge is 0.243 e. The van der Waals surface area contributed by atoms with Crippen LogP contribution in [0.15, 0.2) is 34.1 Å². The predicted octanol–water partition coefficient (Wildman–Crippen LogP) is 2.51. The van der Waals surface area contributed by atoms with Crippen molar-refractivity contribution in [2.45, 2.75) is 63.3 Å². The van der Waals surface area contributed by atoms with E-state index in [9.17, 15) is 16.8 Å². The third kappa shape index (κ3) is 6.81. The molecule has 0 amide bonds. The molecule has 0 spiro atoms. The minimum Gasteiger partial charge on any atom is -0.304 e. The van der Waals surface area contributed by atoms with Crippen LogP contribution in [0.2, 0.25) is 0 Å². The van der Waals surface area contributed by atoms with Crippen molar-refractivity contribution in [2.24, 2.45) is 0 Å². The fourth-order valence-electron chi connectivity index (χ4n) is 3.06. The molecular weight excluding hydrogens is 398 g/mol. The minimum atomic E-state index is -3.69. The summed E-state index contributed by atoms with van der Waals surface area (Å²) in [6, 6.07) is 5.21. The Morgan fingerprint density at radius 2 is 1.36 bits per heavy atom. The lowest BCUT2D eigenvalue weighted by Gasteiger charge is -2.20. The van der Waals surface area contributed by atoms with Gasteiger partial charge in [0.1, 0.15) is 0 Å². The normalized spacial score (nSPS) is 14.0. The first kappa shape index (κ1) is 25.0. The Morgan fingerprint density at radius 3 is 1.82 bits per heavy atom. The topological polar surface area (TPSA) is 86.8 Å². The van der Waals surface area contributed by atoms with Crippen molar-refractivity contribution in [1.82, 2.24) is 13.9 Å². The summed E-state index contributed by atoms with van der Waals surface area (Å²) in [4.78, 5) is 2.47. The monoisotopic (exact) mass is 433 g/mol. The second kappa shape index (κ2) is 11.3. The first-order chi connectivity index (χ1) is 13.1. The average molecular weight is 434 g/mol. The maximum Gasteiger partial charge on any atom is 0.243 e. The van der Waals surface area contributed by atoms with Gasteiger partial charge in [-0.3, -0.25) is 0 Å². The number of hydrogen-bond acceptors (Lipinski definition) is 5. The van der Waals surface area contributed by atoms with Crippen LogP contribution in [0.3, 0.4) is 0 Å². The van der Waals surface area contributed by atoms with Gasteiger partial charge in [0.15, 0.2) is 0 Å². The molecule has 0 aliphatic rings. The minimum absolute atomic E-state index is 0.0709. The molecular formula is C19H35N3O4S2. The standard InChI is InChI=1S/C19H35N3O4S2/c1-6-21(7-2)16-10-11-17(5)20-27(23,24)18-12-14-19(15-13-18)28(25,26)22(8-3)9-4/h12-15,17,20H,6-11,16H2,1-5H3/t17-/m0/s1. The lowest BCUT2D eigenvalue weighted by atomic mass is 10.2. The first-order valence-corrected chi connectivity index (χ1v) is 12.9. The van der Waals surface area contributed by atoms with Gasteiger partial charge in [-0.05, 0) is 63.7 Å². The zero-order valence-electron chi connectivity index (χ0n) is 17.7. The van der Waals surface area contributed by atoms with E-state index < -0.39 is 20.0 Å². The van der Waals surface area contributed by atoms with E-state index in [1.54, 1.807) is 13.8 Å². The first-order valence-electron chi connectivity index (χ1n) is 9.97. The van der Waals surface area contributed by atoms with E-state index in [0.717, 1.165) is 32.5 Å². The molecule has 1 aromatic rings. The maximum absolute atomic E-state index is 12.6. The van der Waals surface area contributed by atoms with Gasteiger partial charge < -0.3 is 4.90 Å². The van der Waals surface area contributed by atoms with Crippen molar-refractivity contribution >= 4 is 20.0 Å². The van der Waals surface area contributed by atoms with E-state index in [1.165, 1.54) is 28.6 Å². The molecule has 0 fully saturated rings. The van der Waals surface area contributed by atoms with E-state index in [0.29, 0.717) is 13.1 Å². The zero-order chi connectivity index (χ0) is 21.4. The molecule has 0 saturated carbocycles. The number of hydrogen-bond donors (Lipinski definition) is 1. The van der Waals surface area contributed by atoms with E-state index in [1.807, 2.05) is 6.92 Å². The summed E-state index contributed by atoms with van der Waals surface area (Å²) < 4.78 is 54.2. The lowest BCUT2D eigenvalue weighted by Crippen LogP contribution is -2.34. The summed E-state index contributed by atoms with van der Waals surface area (Å²) in [5.41, 5.74) is 0. The van der Waals surface area contributed by atoms with E-state index in [4.69, 9.17) is 0 Å². The summed E-state index contributed by atoms with van der Waals surface area (Å²) in [5, 5.41) is 0. The highest BCUT2D eigenvalue weighted by molar-refractivity contribution is 7.89. The number of rotatable bonds is 13. The summed E-state index contributed by atoms with van der Waals surface area (Å²) in [5.74, 6) is 0. The fraction of sp³-hybridized carbons (Fsp3) is 0.684. The van der Waals surface area contributed by atoms with Crippen LogP contribution in [-0.4, -0.2) is 64.8 Å². The maximum atomic E-state index is 12.6. The number of nitrogens with one attached hydrogen (secondary N) is 1. The van der Waals surface area contributed by atoms with Crippen LogP contribution in [0.1, 0.15) is 47.5 Å². The Morgan fingerprint density at radius 1 is 0.857 bits per heavy atom. The van der Waals surface area contributed by atoms with Gasteiger partial charge in [0, 0.05) is 19.1 Å². The Balaban J connectivity index is 2.79. The molecule has 1 N–H and O–H groups in total. The van der Waals surface area contributed by atoms with E-state index >= 15 is 0 Å². The predicted molar refractivity (Wildman–Crippen MR) is 113 cm³/mol. The number of nitrogens with zero attached hydrogens (tertiary/aromatic N) is 2. The molecule has 1 rings (SSSR count). The molecule has 7 nitrogen and oxygen atoms in total. The second-order valence-electron chi connectivity index (χ2n) is 6.75. The molecule has 0 heterocycles. The quantitative estimate of drug-likeness (QED) is 0.516. The number of sulfonamides is 2. The van der Waals surface area contributed by atoms with Gasteiger partial charge >= 0.3 is 0 Å². The van der Waals surface area contributed by atoms with Crippen LogP contribution in [0.5, 0.6) is 0 Å². The molecule has 162 valence electrons. The lowest BCUT2D eigenvalue weighted by molar-refractivity contribution is 0.293. The van der Waals surface area contributed by atoms with E-state index in [2.05, 4.69) is 23.5 Å². The summed E-state index contributed by atoms with van der Waals surface area (Å²) in [7, 11) is -7.29. The Bertz CT molecular complexity index is 785. The van der Waals surface area contributed by atoms with Gasteiger partial charge in [-0.25, -0.2) is 21.6 Å². The van der Waals surface area contributed by atoms with Crippen molar-refractivity contribution in [3.8, 4) is 0 Å². The average Bonchev–Trinajstić information content (AvgIpc) is 2.65. The zero-order valence-corrected chi connectivity index (χ0v) is 19.3. The molecule has 0 aliphatic carbocycles. The second-order valence-corrected chi connectivity index (χ2v) is 10.4. The van der Waals surface area contributed by atoms with Crippen molar-refractivity contribution in [3.63, 3.8) is 0 Å². The molecule has 9 heteroatoms. The molecule has 0 aliphatic heterocycles. The van der Waals surface area contributed by atoms with Crippen molar-refractivity contribution in [2.75, 3.05) is 32.7 Å². The highest BCUT2D eigenvalue weighted by Crippen LogP contribution is 2.18. The number of benzene rings is 1. The molecule has 1 aromatic carbocycles. The highest BCUT2D eigenvalue weighted by Gasteiger charge is 2.23. The third-order valence-electron chi connectivity index (χ3n) is 4.84. The SMILES string of the molecule is CCN(CC)CCC[C@H](C)NS(=O)(=O)c1ccc(S(=O)(=O)N(CC)CC)cc1. The largest absolute Gasteiger partial charge is 0.304 e.